The molecule has 0 aromatic heterocycles. The second-order valence-corrected chi connectivity index (χ2v) is 4.58. The molecule has 1 aromatic carbocycles. The Bertz CT molecular complexity index is 416. The molecule has 1 aromatic rings. The maximum absolute atomic E-state index is 11.9. The average Bonchev–Trinajstić information content (AvgIpc) is 2.21. The maximum Gasteiger partial charge on any atom is 0.251 e. The molecule has 0 aliphatic rings. The third kappa shape index (κ3) is 3.64. The Kier molecular flexibility index (Phi) is 3.96. The van der Waals surface area contributed by atoms with Crippen molar-refractivity contribution >= 4 is 5.91 Å². The smallest absolute Gasteiger partial charge is 0.251 e. The first-order valence-corrected chi connectivity index (χ1v) is 5.40. The molecule has 17 heavy (non-hydrogen) atoms. The van der Waals surface area contributed by atoms with E-state index >= 15 is 0 Å². The number of phenols is 2. The Morgan fingerprint density at radius 1 is 1.35 bits per heavy atom. The van der Waals surface area contributed by atoms with Gasteiger partial charge >= 0.3 is 0 Å². The van der Waals surface area contributed by atoms with Gasteiger partial charge in [0.15, 0.2) is 11.5 Å². The average molecular weight is 238 g/mol. The van der Waals surface area contributed by atoms with E-state index in [-0.39, 0.29) is 17.4 Å². The summed E-state index contributed by atoms with van der Waals surface area (Å²) in [6, 6.07) is 3.95. The van der Waals surface area contributed by atoms with Crippen molar-refractivity contribution in [2.45, 2.75) is 25.8 Å². The van der Waals surface area contributed by atoms with Crippen LogP contribution in [0.1, 0.15) is 30.6 Å². The molecule has 0 heterocycles. The van der Waals surface area contributed by atoms with Crippen LogP contribution in [0.4, 0.5) is 0 Å². The fraction of sp³-hybridized carbons (Fsp3) is 0.417. The van der Waals surface area contributed by atoms with E-state index in [0.29, 0.717) is 18.5 Å². The minimum Gasteiger partial charge on any atom is -0.504 e. The van der Waals surface area contributed by atoms with Crippen molar-refractivity contribution in [2.75, 3.05) is 6.54 Å². The van der Waals surface area contributed by atoms with Crippen molar-refractivity contribution in [2.24, 2.45) is 5.73 Å². The number of carbonyl (C=O) groups excluding carboxylic acids is 1. The van der Waals surface area contributed by atoms with Crippen molar-refractivity contribution in [1.82, 2.24) is 5.32 Å². The lowest BCUT2D eigenvalue weighted by Gasteiger charge is -2.25. The molecule has 0 fully saturated rings. The summed E-state index contributed by atoms with van der Waals surface area (Å²) in [5, 5.41) is 21.3. The van der Waals surface area contributed by atoms with E-state index in [0.717, 1.165) is 0 Å². The molecule has 0 radical (unpaired) electrons. The molecule has 0 saturated heterocycles. The van der Waals surface area contributed by atoms with Gasteiger partial charge in [0, 0.05) is 11.1 Å². The lowest BCUT2D eigenvalue weighted by atomic mass is 10.00. The summed E-state index contributed by atoms with van der Waals surface area (Å²) >= 11 is 0. The third-order valence-electron chi connectivity index (χ3n) is 2.46. The Hall–Kier alpha value is -1.75. The van der Waals surface area contributed by atoms with Crippen LogP contribution >= 0.6 is 0 Å². The molecule has 1 amide bonds. The van der Waals surface area contributed by atoms with Gasteiger partial charge in [-0.1, -0.05) is 0 Å². The number of nitrogens with one attached hydrogen (secondary N) is 1. The first kappa shape index (κ1) is 13.3. The number of nitrogens with two attached hydrogens (primary N) is 1. The zero-order valence-corrected chi connectivity index (χ0v) is 10.0. The zero-order valence-electron chi connectivity index (χ0n) is 10.0. The van der Waals surface area contributed by atoms with Crippen LogP contribution in [0.3, 0.4) is 0 Å². The number of amides is 1. The molecule has 5 heteroatoms. The van der Waals surface area contributed by atoms with Crippen LogP contribution in [0.5, 0.6) is 11.5 Å². The minimum absolute atomic E-state index is 0.247. The summed E-state index contributed by atoms with van der Waals surface area (Å²) in [5.41, 5.74) is 5.34. The predicted octanol–water partition coefficient (Wildman–Crippen LogP) is 0.955. The van der Waals surface area contributed by atoms with Gasteiger partial charge in [-0.25, -0.2) is 0 Å². The number of hydrogen-bond acceptors (Lipinski definition) is 4. The third-order valence-corrected chi connectivity index (χ3v) is 2.46. The number of benzene rings is 1. The van der Waals surface area contributed by atoms with Crippen LogP contribution in [0, 0.1) is 0 Å². The number of hydrogen-bond donors (Lipinski definition) is 4. The Labute approximate surface area is 100 Å². The Balaban J connectivity index is 2.80. The highest BCUT2D eigenvalue weighted by Crippen LogP contribution is 2.25. The highest BCUT2D eigenvalue weighted by molar-refractivity contribution is 5.95. The van der Waals surface area contributed by atoms with Crippen LogP contribution in [0.15, 0.2) is 18.2 Å². The molecule has 94 valence electrons. The van der Waals surface area contributed by atoms with Crippen LogP contribution in [-0.2, 0) is 0 Å². The number of rotatable bonds is 4. The summed E-state index contributed by atoms with van der Waals surface area (Å²) in [5.74, 6) is -0.865. The zero-order chi connectivity index (χ0) is 13.1. The fourth-order valence-electron chi connectivity index (χ4n) is 1.47. The molecule has 0 saturated carbocycles. The number of phenolic OH excluding ortho intramolecular Hbond substituents is 2. The normalized spacial score (nSPS) is 11.2. The molecule has 0 aliphatic carbocycles. The van der Waals surface area contributed by atoms with Crippen LogP contribution in [0.2, 0.25) is 0 Å². The molecule has 0 spiro atoms. The van der Waals surface area contributed by atoms with Crippen molar-refractivity contribution in [3.8, 4) is 11.5 Å². The molecular formula is C12H18N2O3. The van der Waals surface area contributed by atoms with Gasteiger partial charge in [0.1, 0.15) is 0 Å². The molecule has 5 N–H and O–H groups in total. The minimum atomic E-state index is -0.403. The van der Waals surface area contributed by atoms with Gasteiger partial charge in [0.05, 0.1) is 0 Å². The van der Waals surface area contributed by atoms with Gasteiger partial charge in [-0.15, -0.1) is 0 Å². The van der Waals surface area contributed by atoms with E-state index in [1.165, 1.54) is 18.2 Å². The highest BCUT2D eigenvalue weighted by atomic mass is 16.3. The first-order chi connectivity index (χ1) is 7.85. The van der Waals surface area contributed by atoms with Crippen LogP contribution < -0.4 is 11.1 Å². The van der Waals surface area contributed by atoms with E-state index in [1.54, 1.807) is 0 Å². The Morgan fingerprint density at radius 2 is 2.00 bits per heavy atom. The molecular weight excluding hydrogens is 220 g/mol. The van der Waals surface area contributed by atoms with Gasteiger partial charge < -0.3 is 21.3 Å². The lowest BCUT2D eigenvalue weighted by molar-refractivity contribution is 0.0910. The predicted molar refractivity (Wildman–Crippen MR) is 65.0 cm³/mol. The maximum atomic E-state index is 11.9. The van der Waals surface area contributed by atoms with Crippen molar-refractivity contribution in [3.63, 3.8) is 0 Å². The fourth-order valence-corrected chi connectivity index (χ4v) is 1.47. The summed E-state index contributed by atoms with van der Waals surface area (Å²) in [4.78, 5) is 11.9. The Morgan fingerprint density at radius 3 is 2.53 bits per heavy atom. The SMILES string of the molecule is CC(C)(CCN)NC(=O)c1ccc(O)c(O)c1. The molecule has 0 atom stereocenters. The molecule has 0 bridgehead atoms. The molecule has 0 aliphatic heterocycles. The van der Waals surface area contributed by atoms with Gasteiger partial charge in [-0.2, -0.15) is 0 Å². The summed E-state index contributed by atoms with van der Waals surface area (Å²) < 4.78 is 0. The van der Waals surface area contributed by atoms with Crippen molar-refractivity contribution in [3.05, 3.63) is 23.8 Å². The van der Waals surface area contributed by atoms with E-state index in [1.807, 2.05) is 13.8 Å². The number of carbonyl (C=O) groups is 1. The van der Waals surface area contributed by atoms with Crippen LogP contribution in [-0.4, -0.2) is 28.2 Å². The molecule has 0 unspecified atom stereocenters. The largest absolute Gasteiger partial charge is 0.504 e. The topological polar surface area (TPSA) is 95.6 Å². The highest BCUT2D eigenvalue weighted by Gasteiger charge is 2.20. The quantitative estimate of drug-likeness (QED) is 0.587. The van der Waals surface area contributed by atoms with E-state index < -0.39 is 5.54 Å². The lowest BCUT2D eigenvalue weighted by Crippen LogP contribution is -2.44. The molecule has 5 nitrogen and oxygen atoms in total. The van der Waals surface area contributed by atoms with Crippen molar-refractivity contribution < 1.29 is 15.0 Å². The van der Waals surface area contributed by atoms with E-state index in [4.69, 9.17) is 10.8 Å². The standard InChI is InChI=1S/C12H18N2O3/c1-12(2,5-6-13)14-11(17)8-3-4-9(15)10(16)7-8/h3-4,7,15-16H,5-6,13H2,1-2H3,(H,14,17). The second-order valence-electron chi connectivity index (χ2n) is 4.58. The van der Waals surface area contributed by atoms with Crippen molar-refractivity contribution in [1.29, 1.82) is 0 Å². The van der Waals surface area contributed by atoms with Gasteiger partial charge in [0.2, 0.25) is 0 Å². The summed E-state index contributed by atoms with van der Waals surface area (Å²) in [6.07, 6.45) is 0.656. The summed E-state index contributed by atoms with van der Waals surface area (Å²) in [6.45, 7) is 4.23. The van der Waals surface area contributed by atoms with E-state index in [9.17, 15) is 9.90 Å². The number of aromatic hydroxyl groups is 2. The van der Waals surface area contributed by atoms with Gasteiger partial charge in [0.25, 0.3) is 5.91 Å². The van der Waals surface area contributed by atoms with Gasteiger partial charge in [-0.3, -0.25) is 4.79 Å². The monoisotopic (exact) mass is 238 g/mol. The first-order valence-electron chi connectivity index (χ1n) is 5.40. The van der Waals surface area contributed by atoms with Gasteiger partial charge in [-0.05, 0) is 45.0 Å². The second kappa shape index (κ2) is 5.05. The van der Waals surface area contributed by atoms with Crippen LogP contribution in [0.25, 0.3) is 0 Å². The van der Waals surface area contributed by atoms with E-state index in [2.05, 4.69) is 5.32 Å². The molecule has 1 rings (SSSR count). The summed E-state index contributed by atoms with van der Waals surface area (Å²) in [7, 11) is 0.